The first kappa shape index (κ1) is 16.0. The highest BCUT2D eigenvalue weighted by Crippen LogP contribution is 2.31. The van der Waals surface area contributed by atoms with E-state index in [2.05, 4.69) is 31.1 Å². The predicted octanol–water partition coefficient (Wildman–Crippen LogP) is 3.20. The lowest BCUT2D eigenvalue weighted by Crippen LogP contribution is -2.40. The minimum Gasteiger partial charge on any atom is -0.493 e. The van der Waals surface area contributed by atoms with Crippen LogP contribution in [0.5, 0.6) is 5.75 Å². The Morgan fingerprint density at radius 1 is 1.29 bits per heavy atom. The fourth-order valence-electron chi connectivity index (χ4n) is 2.68. The topological polar surface area (TPSA) is 50.5 Å². The lowest BCUT2D eigenvalue weighted by atomic mass is 9.80. The molecule has 0 spiro atoms. The maximum absolute atomic E-state index is 5.96. The van der Waals surface area contributed by atoms with Crippen molar-refractivity contribution in [3.8, 4) is 5.75 Å². The second kappa shape index (κ2) is 7.03. The highest BCUT2D eigenvalue weighted by atomic mass is 16.5. The van der Waals surface area contributed by atoms with Gasteiger partial charge < -0.3 is 20.7 Å². The molecule has 0 saturated carbocycles. The molecule has 1 aliphatic heterocycles. The summed E-state index contributed by atoms with van der Waals surface area (Å²) >= 11 is 0. The van der Waals surface area contributed by atoms with Gasteiger partial charge in [0, 0.05) is 30.1 Å². The van der Waals surface area contributed by atoms with Crippen LogP contribution in [-0.2, 0) is 0 Å². The van der Waals surface area contributed by atoms with E-state index in [0.29, 0.717) is 5.41 Å². The molecule has 0 aliphatic carbocycles. The van der Waals surface area contributed by atoms with Crippen LogP contribution in [-0.4, -0.2) is 38.2 Å². The summed E-state index contributed by atoms with van der Waals surface area (Å²) in [5.41, 5.74) is 8.13. The Hall–Kier alpha value is -1.42. The van der Waals surface area contributed by atoms with Crippen LogP contribution in [0, 0.1) is 5.41 Å². The first-order chi connectivity index (χ1) is 10.0. The molecule has 1 aromatic carbocycles. The van der Waals surface area contributed by atoms with Crippen molar-refractivity contribution < 1.29 is 4.74 Å². The summed E-state index contributed by atoms with van der Waals surface area (Å²) in [5.74, 6) is 0.855. The van der Waals surface area contributed by atoms with Gasteiger partial charge in [0.05, 0.1) is 6.61 Å². The third kappa shape index (κ3) is 4.81. The van der Waals surface area contributed by atoms with Crippen LogP contribution >= 0.6 is 0 Å². The van der Waals surface area contributed by atoms with Crippen molar-refractivity contribution in [3.63, 3.8) is 0 Å². The third-order valence-corrected chi connectivity index (χ3v) is 4.32. The number of rotatable bonds is 6. The number of hydrogen-bond acceptors (Lipinski definition) is 4. The Morgan fingerprint density at radius 2 is 2.00 bits per heavy atom. The Morgan fingerprint density at radius 3 is 2.67 bits per heavy atom. The molecule has 21 heavy (non-hydrogen) atoms. The van der Waals surface area contributed by atoms with Crippen molar-refractivity contribution in [2.75, 3.05) is 44.3 Å². The van der Waals surface area contributed by atoms with Gasteiger partial charge in [-0.2, -0.15) is 0 Å². The molecule has 0 unspecified atom stereocenters. The van der Waals surface area contributed by atoms with Crippen LogP contribution in [0.25, 0.3) is 0 Å². The highest BCUT2D eigenvalue weighted by Gasteiger charge is 2.28. The summed E-state index contributed by atoms with van der Waals surface area (Å²) in [6, 6.07) is 5.92. The first-order valence-corrected chi connectivity index (χ1v) is 7.96. The van der Waals surface area contributed by atoms with Crippen molar-refractivity contribution in [2.45, 2.75) is 33.1 Å². The predicted molar refractivity (Wildman–Crippen MR) is 90.0 cm³/mol. The molecule has 3 N–H and O–H groups in total. The number of hydrogen-bond donors (Lipinski definition) is 2. The largest absolute Gasteiger partial charge is 0.493 e. The third-order valence-electron chi connectivity index (χ3n) is 4.32. The smallest absolute Gasteiger partial charge is 0.123 e. The van der Waals surface area contributed by atoms with Crippen molar-refractivity contribution in [3.05, 3.63) is 18.2 Å². The zero-order chi connectivity index (χ0) is 15.3. The van der Waals surface area contributed by atoms with E-state index in [4.69, 9.17) is 10.5 Å². The second-order valence-corrected chi connectivity index (χ2v) is 6.61. The van der Waals surface area contributed by atoms with Gasteiger partial charge in [0.25, 0.3) is 0 Å². The molecule has 0 amide bonds. The molecule has 1 fully saturated rings. The van der Waals surface area contributed by atoms with E-state index in [-0.39, 0.29) is 0 Å². The molecular formula is C17H29N3O. The lowest BCUT2D eigenvalue weighted by molar-refractivity contribution is 0.150. The average molecular weight is 291 g/mol. The van der Waals surface area contributed by atoms with Crippen LogP contribution in [0.2, 0.25) is 0 Å². The number of likely N-dealkylation sites (tertiary alicyclic amines) is 1. The van der Waals surface area contributed by atoms with Gasteiger partial charge in [-0.1, -0.05) is 13.8 Å². The zero-order valence-corrected chi connectivity index (χ0v) is 13.6. The van der Waals surface area contributed by atoms with E-state index in [1.165, 1.54) is 25.9 Å². The number of ether oxygens (including phenoxy) is 1. The summed E-state index contributed by atoms with van der Waals surface area (Å²) in [4.78, 5) is 2.40. The normalized spacial score (nSPS) is 18.4. The van der Waals surface area contributed by atoms with E-state index >= 15 is 0 Å². The van der Waals surface area contributed by atoms with Crippen molar-refractivity contribution in [1.82, 2.24) is 4.90 Å². The van der Waals surface area contributed by atoms with Crippen LogP contribution in [0.15, 0.2) is 18.2 Å². The van der Waals surface area contributed by atoms with E-state index in [9.17, 15) is 0 Å². The molecule has 0 aromatic heterocycles. The summed E-state index contributed by atoms with van der Waals surface area (Å²) in [5, 5.41) is 3.55. The van der Waals surface area contributed by atoms with Crippen LogP contribution < -0.4 is 15.8 Å². The Kier molecular flexibility index (Phi) is 5.34. The molecule has 4 heteroatoms. The summed E-state index contributed by atoms with van der Waals surface area (Å²) in [7, 11) is 2.20. The van der Waals surface area contributed by atoms with E-state index in [1.54, 1.807) is 0 Å². The van der Waals surface area contributed by atoms with E-state index < -0.39 is 0 Å². The van der Waals surface area contributed by atoms with Gasteiger partial charge in [0.15, 0.2) is 0 Å². The van der Waals surface area contributed by atoms with Crippen molar-refractivity contribution in [2.24, 2.45) is 5.41 Å². The maximum atomic E-state index is 5.96. The lowest BCUT2D eigenvalue weighted by Gasteiger charge is -2.38. The number of piperidine rings is 1. The van der Waals surface area contributed by atoms with Crippen molar-refractivity contribution in [1.29, 1.82) is 0 Å². The molecule has 0 bridgehead atoms. The van der Waals surface area contributed by atoms with Gasteiger partial charge in [-0.25, -0.2) is 0 Å². The standard InChI is InChI=1S/C17H29N3O/c1-4-9-21-16-11-14(18)10-15(12-16)19-13-17(2)5-7-20(3)8-6-17/h10-12,19H,4-9,13,18H2,1-3H3. The molecule has 1 heterocycles. The molecule has 2 rings (SSSR count). The zero-order valence-electron chi connectivity index (χ0n) is 13.6. The first-order valence-electron chi connectivity index (χ1n) is 7.96. The molecular weight excluding hydrogens is 262 g/mol. The number of nitrogens with two attached hydrogens (primary N) is 1. The van der Waals surface area contributed by atoms with Crippen molar-refractivity contribution >= 4 is 11.4 Å². The summed E-state index contributed by atoms with van der Waals surface area (Å²) in [6.07, 6.45) is 3.47. The Balaban J connectivity index is 1.94. The van der Waals surface area contributed by atoms with Crippen LogP contribution in [0.1, 0.15) is 33.1 Å². The fraction of sp³-hybridized carbons (Fsp3) is 0.647. The minimum atomic E-state index is 0.363. The van der Waals surface area contributed by atoms with Crippen LogP contribution in [0.3, 0.4) is 0 Å². The number of nitrogens with zero attached hydrogens (tertiary/aromatic N) is 1. The van der Waals surface area contributed by atoms with Gasteiger partial charge in [-0.15, -0.1) is 0 Å². The molecule has 0 atom stereocenters. The van der Waals surface area contributed by atoms with Gasteiger partial charge in [0.2, 0.25) is 0 Å². The quantitative estimate of drug-likeness (QED) is 0.790. The Bertz CT molecular complexity index is 453. The molecule has 1 aliphatic rings. The monoisotopic (exact) mass is 291 g/mol. The fourth-order valence-corrected chi connectivity index (χ4v) is 2.68. The number of anilines is 2. The molecule has 1 saturated heterocycles. The SMILES string of the molecule is CCCOc1cc(N)cc(NCC2(C)CCN(C)CC2)c1. The average Bonchev–Trinajstić information content (AvgIpc) is 2.46. The maximum Gasteiger partial charge on any atom is 0.123 e. The van der Waals surface area contributed by atoms with Crippen LogP contribution in [0.4, 0.5) is 11.4 Å². The molecule has 1 aromatic rings. The number of nitrogens with one attached hydrogen (secondary N) is 1. The van der Waals surface area contributed by atoms with E-state index in [1.807, 2.05) is 18.2 Å². The number of benzene rings is 1. The van der Waals surface area contributed by atoms with Gasteiger partial charge in [-0.3, -0.25) is 0 Å². The minimum absolute atomic E-state index is 0.363. The highest BCUT2D eigenvalue weighted by molar-refractivity contribution is 5.59. The molecule has 118 valence electrons. The molecule has 4 nitrogen and oxygen atoms in total. The number of nitrogen functional groups attached to an aromatic ring is 1. The second-order valence-electron chi connectivity index (χ2n) is 6.61. The summed E-state index contributed by atoms with van der Waals surface area (Å²) in [6.45, 7) is 8.55. The van der Waals surface area contributed by atoms with Gasteiger partial charge >= 0.3 is 0 Å². The van der Waals surface area contributed by atoms with E-state index in [0.717, 1.165) is 36.7 Å². The summed E-state index contributed by atoms with van der Waals surface area (Å²) < 4.78 is 5.68. The molecule has 0 radical (unpaired) electrons. The van der Waals surface area contributed by atoms with Gasteiger partial charge in [-0.05, 0) is 50.9 Å². The Labute approximate surface area is 128 Å². The van der Waals surface area contributed by atoms with Gasteiger partial charge in [0.1, 0.15) is 5.75 Å².